The number of nitriles is 1. The van der Waals surface area contributed by atoms with Crippen molar-refractivity contribution in [1.82, 2.24) is 0 Å². The van der Waals surface area contributed by atoms with Crippen LogP contribution in [0.25, 0.3) is 5.76 Å². The largest absolute Gasteiger partial charge is 0.465 e. The topological polar surface area (TPSA) is 123 Å². The Morgan fingerprint density at radius 3 is 2.43 bits per heavy atom. The Bertz CT molecular complexity index is 1620. The molecule has 37 heavy (non-hydrogen) atoms. The molecule has 3 aromatic carbocycles. The lowest BCUT2D eigenvalue weighted by atomic mass is 9.88. The molecule has 1 atom stereocenters. The van der Waals surface area contributed by atoms with Crippen LogP contribution in [0.4, 0.5) is 10.1 Å². The van der Waals surface area contributed by atoms with E-state index in [0.29, 0.717) is 22.4 Å². The molecule has 186 valence electrons. The van der Waals surface area contributed by atoms with Gasteiger partial charge in [-0.05, 0) is 47.5 Å². The number of esters is 1. The first-order valence-corrected chi connectivity index (χ1v) is 12.6. The van der Waals surface area contributed by atoms with E-state index >= 15 is 0 Å². The highest BCUT2D eigenvalue weighted by Crippen LogP contribution is 2.51. The van der Waals surface area contributed by atoms with Crippen molar-refractivity contribution in [3.63, 3.8) is 0 Å². The summed E-state index contributed by atoms with van der Waals surface area (Å²) in [6.45, 7) is -0.0779. The molecule has 0 aromatic heterocycles. The fourth-order valence-electron chi connectivity index (χ4n) is 4.50. The Morgan fingerprint density at radius 1 is 1.11 bits per heavy atom. The lowest BCUT2D eigenvalue weighted by Crippen LogP contribution is -2.39. The fourth-order valence-corrected chi connectivity index (χ4v) is 6.41. The summed E-state index contributed by atoms with van der Waals surface area (Å²) < 4.78 is 53.7. The molecular weight excluding hydrogens is 497 g/mol. The summed E-state index contributed by atoms with van der Waals surface area (Å²) in [5.41, 5.74) is 8.14. The average Bonchev–Trinajstić information content (AvgIpc) is 2.91. The quantitative estimate of drug-likeness (QED) is 0.516. The van der Waals surface area contributed by atoms with Gasteiger partial charge in [-0.15, -0.1) is 0 Å². The molecule has 0 radical (unpaired) electrons. The van der Waals surface area contributed by atoms with E-state index in [-0.39, 0.29) is 34.2 Å². The van der Waals surface area contributed by atoms with Crippen LogP contribution < -0.4 is 10.0 Å². The maximum atomic E-state index is 14.2. The van der Waals surface area contributed by atoms with Gasteiger partial charge in [0.05, 0.1) is 30.8 Å². The van der Waals surface area contributed by atoms with Gasteiger partial charge in [0.2, 0.25) is 5.88 Å². The molecule has 2 N–H and O–H groups in total. The SMILES string of the molecule is COC(=O)c1ccc([C@H]2C(C#N)=C(N)OC3=C2S(=O)(=O)N(Cc2ccc(F)cc2)c2ccccc23)cc1. The number of carbonyl (C=O) groups excluding carboxylic acids is 1. The van der Waals surface area contributed by atoms with Crippen LogP contribution in [-0.2, 0) is 26.0 Å². The normalized spacial score (nSPS) is 17.9. The van der Waals surface area contributed by atoms with E-state index in [4.69, 9.17) is 15.2 Å². The number of hydrogen-bond donors (Lipinski definition) is 1. The number of ether oxygens (including phenoxy) is 2. The molecular formula is C27H20FN3O5S. The molecule has 2 aliphatic heterocycles. The summed E-state index contributed by atoms with van der Waals surface area (Å²) >= 11 is 0. The van der Waals surface area contributed by atoms with Gasteiger partial charge in [-0.25, -0.2) is 17.6 Å². The minimum absolute atomic E-state index is 0.0319. The fraction of sp³-hybridized carbons (Fsp3) is 0.111. The van der Waals surface area contributed by atoms with Crippen molar-refractivity contribution in [3.8, 4) is 6.07 Å². The third kappa shape index (κ3) is 3.99. The summed E-state index contributed by atoms with van der Waals surface area (Å²) in [6.07, 6.45) is 0. The third-order valence-corrected chi connectivity index (χ3v) is 8.15. The van der Waals surface area contributed by atoms with Gasteiger partial charge < -0.3 is 15.2 Å². The second kappa shape index (κ2) is 9.11. The lowest BCUT2D eigenvalue weighted by Gasteiger charge is -2.38. The zero-order chi connectivity index (χ0) is 26.3. The number of allylic oxidation sites excluding steroid dienone is 2. The number of sulfonamides is 1. The minimum Gasteiger partial charge on any atom is -0.465 e. The Kier molecular flexibility index (Phi) is 5.93. The highest BCUT2D eigenvalue weighted by molar-refractivity contribution is 7.96. The van der Waals surface area contributed by atoms with Crippen LogP contribution in [0, 0.1) is 17.1 Å². The van der Waals surface area contributed by atoms with Crippen molar-refractivity contribution < 1.29 is 27.1 Å². The number of rotatable bonds is 4. The van der Waals surface area contributed by atoms with Crippen molar-refractivity contribution in [2.24, 2.45) is 5.73 Å². The number of fused-ring (bicyclic) bond motifs is 2. The molecule has 0 saturated carbocycles. The maximum absolute atomic E-state index is 14.2. The van der Waals surface area contributed by atoms with Gasteiger partial charge in [0.15, 0.2) is 5.76 Å². The van der Waals surface area contributed by atoms with E-state index in [0.717, 1.165) is 0 Å². The molecule has 5 rings (SSSR count). The van der Waals surface area contributed by atoms with Gasteiger partial charge in [0, 0.05) is 5.56 Å². The molecule has 3 aromatic rings. The van der Waals surface area contributed by atoms with Gasteiger partial charge in [-0.3, -0.25) is 4.31 Å². The zero-order valence-electron chi connectivity index (χ0n) is 19.5. The van der Waals surface area contributed by atoms with Crippen molar-refractivity contribution in [2.45, 2.75) is 12.5 Å². The molecule has 10 heteroatoms. The van der Waals surface area contributed by atoms with E-state index < -0.39 is 27.7 Å². The highest BCUT2D eigenvalue weighted by Gasteiger charge is 2.47. The summed E-state index contributed by atoms with van der Waals surface area (Å²) in [5.74, 6) is -2.26. The molecule has 0 bridgehead atoms. The van der Waals surface area contributed by atoms with Gasteiger partial charge in [-0.1, -0.05) is 36.4 Å². The molecule has 2 heterocycles. The zero-order valence-corrected chi connectivity index (χ0v) is 20.3. The van der Waals surface area contributed by atoms with E-state index in [2.05, 4.69) is 0 Å². The van der Waals surface area contributed by atoms with E-state index in [1.807, 2.05) is 6.07 Å². The molecule has 2 aliphatic rings. The molecule has 0 saturated heterocycles. The second-order valence-corrected chi connectivity index (χ2v) is 10.2. The second-order valence-electron chi connectivity index (χ2n) is 8.39. The molecule has 0 spiro atoms. The van der Waals surface area contributed by atoms with Crippen LogP contribution in [0.5, 0.6) is 0 Å². The van der Waals surface area contributed by atoms with Crippen molar-refractivity contribution in [2.75, 3.05) is 11.4 Å². The van der Waals surface area contributed by atoms with Crippen LogP contribution >= 0.6 is 0 Å². The number of benzene rings is 3. The first-order chi connectivity index (χ1) is 17.8. The van der Waals surface area contributed by atoms with E-state index in [1.54, 1.807) is 36.4 Å². The first-order valence-electron chi connectivity index (χ1n) is 11.1. The molecule has 0 amide bonds. The van der Waals surface area contributed by atoms with Gasteiger partial charge in [-0.2, -0.15) is 5.26 Å². The number of nitrogens with two attached hydrogens (primary N) is 1. The predicted octanol–water partition coefficient (Wildman–Crippen LogP) is 4.14. The van der Waals surface area contributed by atoms with Gasteiger partial charge in [0.1, 0.15) is 22.4 Å². The lowest BCUT2D eigenvalue weighted by molar-refractivity contribution is 0.0600. The summed E-state index contributed by atoms with van der Waals surface area (Å²) in [7, 11) is -3.02. The van der Waals surface area contributed by atoms with Crippen molar-refractivity contribution in [3.05, 3.63) is 117 Å². The molecule has 0 fully saturated rings. The molecule has 8 nitrogen and oxygen atoms in total. The number of anilines is 1. The average molecular weight is 518 g/mol. The summed E-state index contributed by atoms with van der Waals surface area (Å²) in [6, 6.07) is 20.4. The monoisotopic (exact) mass is 517 g/mol. The van der Waals surface area contributed by atoms with Crippen molar-refractivity contribution in [1.29, 1.82) is 5.26 Å². The smallest absolute Gasteiger partial charge is 0.337 e. The van der Waals surface area contributed by atoms with E-state index in [9.17, 15) is 22.9 Å². The maximum Gasteiger partial charge on any atom is 0.337 e. The standard InChI is InChI=1S/C27H20FN3O5S/c1-35-27(32)18-10-8-17(9-11-18)23-21(14-29)26(30)36-24-20-4-2-3-5-22(20)31(37(33,34)25(23)24)15-16-6-12-19(28)13-7-16/h2-13,23H,15,30H2,1H3/t23-/m0/s1. The Labute approximate surface area is 212 Å². The summed E-state index contributed by atoms with van der Waals surface area (Å²) in [4.78, 5) is 11.8. The first kappa shape index (κ1) is 24.1. The molecule has 0 aliphatic carbocycles. The Morgan fingerprint density at radius 2 is 1.78 bits per heavy atom. The number of methoxy groups -OCH3 is 1. The van der Waals surface area contributed by atoms with Crippen LogP contribution in [0.2, 0.25) is 0 Å². The number of para-hydroxylation sites is 1. The van der Waals surface area contributed by atoms with Crippen LogP contribution in [0.3, 0.4) is 0 Å². The Hall–Kier alpha value is -4.62. The number of nitrogens with zero attached hydrogens (tertiary/aromatic N) is 2. The van der Waals surface area contributed by atoms with Crippen LogP contribution in [0.1, 0.15) is 33.0 Å². The van der Waals surface area contributed by atoms with Crippen LogP contribution in [-0.4, -0.2) is 21.5 Å². The van der Waals surface area contributed by atoms with Crippen molar-refractivity contribution >= 4 is 27.4 Å². The number of hydrogen-bond acceptors (Lipinski definition) is 7. The van der Waals surface area contributed by atoms with Crippen LogP contribution in [0.15, 0.2) is 89.2 Å². The third-order valence-electron chi connectivity index (χ3n) is 6.26. The predicted molar refractivity (Wildman–Crippen MR) is 133 cm³/mol. The molecule has 0 unspecified atom stereocenters. The summed E-state index contributed by atoms with van der Waals surface area (Å²) in [5, 5.41) is 9.95. The van der Waals surface area contributed by atoms with E-state index in [1.165, 1.54) is 47.8 Å². The van der Waals surface area contributed by atoms with Gasteiger partial charge >= 0.3 is 5.97 Å². The van der Waals surface area contributed by atoms with Gasteiger partial charge in [0.25, 0.3) is 10.0 Å². The Balaban J connectivity index is 1.71. The number of carbonyl (C=O) groups is 1. The number of halogens is 1. The minimum atomic E-state index is -4.28. The highest BCUT2D eigenvalue weighted by atomic mass is 32.2.